The van der Waals surface area contributed by atoms with Crippen LogP contribution in [-0.4, -0.2) is 45.4 Å². The van der Waals surface area contributed by atoms with E-state index < -0.39 is 17.7 Å². The van der Waals surface area contributed by atoms with E-state index in [4.69, 9.17) is 4.98 Å². The summed E-state index contributed by atoms with van der Waals surface area (Å²) in [5.74, 6) is -1.05. The highest BCUT2D eigenvalue weighted by Crippen LogP contribution is 2.41. The third-order valence-corrected chi connectivity index (χ3v) is 9.47. The fourth-order valence-electron chi connectivity index (χ4n) is 6.32. The number of aliphatic carboxylic acids is 1. The molecule has 1 atom stereocenters. The van der Waals surface area contributed by atoms with Crippen LogP contribution in [0.15, 0.2) is 41.9 Å². The molecular formula is C32H35FN4O4S. The summed E-state index contributed by atoms with van der Waals surface area (Å²) in [7, 11) is 0. The van der Waals surface area contributed by atoms with E-state index in [1.165, 1.54) is 23.5 Å². The number of halogens is 1. The van der Waals surface area contributed by atoms with Gasteiger partial charge in [0.2, 0.25) is 11.8 Å². The molecule has 0 radical (unpaired) electrons. The summed E-state index contributed by atoms with van der Waals surface area (Å²) in [5, 5.41) is 11.9. The number of carboxylic acids is 1. The van der Waals surface area contributed by atoms with Crippen molar-refractivity contribution in [3.05, 3.63) is 47.7 Å². The average Bonchev–Trinajstić information content (AvgIpc) is 3.45. The summed E-state index contributed by atoms with van der Waals surface area (Å²) in [6.45, 7) is 0.652. The molecular weight excluding hydrogens is 555 g/mol. The number of benzene rings is 1. The molecule has 3 aliphatic rings. The lowest BCUT2D eigenvalue weighted by Crippen LogP contribution is -2.39. The highest BCUT2D eigenvalue weighted by Gasteiger charge is 2.40. The van der Waals surface area contributed by atoms with Crippen LogP contribution < -0.4 is 9.80 Å². The Morgan fingerprint density at radius 3 is 2.57 bits per heavy atom. The summed E-state index contributed by atoms with van der Waals surface area (Å²) in [6.07, 6.45) is 10.5. The van der Waals surface area contributed by atoms with Gasteiger partial charge in [-0.2, -0.15) is 0 Å². The van der Waals surface area contributed by atoms with Crippen molar-refractivity contribution in [1.82, 2.24) is 9.97 Å². The van der Waals surface area contributed by atoms with Crippen LogP contribution >= 0.6 is 11.3 Å². The molecule has 0 bridgehead atoms. The van der Waals surface area contributed by atoms with Gasteiger partial charge in [-0.3, -0.25) is 24.2 Å². The van der Waals surface area contributed by atoms with Crippen molar-refractivity contribution in [3.63, 3.8) is 0 Å². The lowest BCUT2D eigenvalue weighted by atomic mass is 9.90. The minimum Gasteiger partial charge on any atom is -0.481 e. The number of amides is 2. The maximum atomic E-state index is 14.5. The SMILES string of the molecule is O=C(O)CC(CC1CCCC1)C(=O)N(c1nc(-c2cc(F)ccc2-c2ccc(N3CCCCC3=O)nc2)cs1)C1CC1. The molecule has 1 N–H and O–H groups in total. The Morgan fingerprint density at radius 1 is 1.07 bits per heavy atom. The van der Waals surface area contributed by atoms with E-state index in [0.29, 0.717) is 47.5 Å². The smallest absolute Gasteiger partial charge is 0.304 e. The Kier molecular flexibility index (Phi) is 8.33. The summed E-state index contributed by atoms with van der Waals surface area (Å²) in [5.41, 5.74) is 2.63. The number of anilines is 2. The lowest BCUT2D eigenvalue weighted by Gasteiger charge is -2.26. The largest absolute Gasteiger partial charge is 0.481 e. The Balaban J connectivity index is 1.28. The number of aromatic nitrogens is 2. The van der Waals surface area contributed by atoms with Crippen molar-refractivity contribution in [1.29, 1.82) is 0 Å². The number of hydrogen-bond donors (Lipinski definition) is 1. The zero-order valence-corrected chi connectivity index (χ0v) is 24.3. The highest BCUT2D eigenvalue weighted by molar-refractivity contribution is 7.14. The molecule has 2 aliphatic carbocycles. The van der Waals surface area contributed by atoms with Crippen LogP contribution in [0.3, 0.4) is 0 Å². The molecule has 220 valence electrons. The second-order valence-corrected chi connectivity index (χ2v) is 12.6. The van der Waals surface area contributed by atoms with Crippen molar-refractivity contribution in [2.75, 3.05) is 16.3 Å². The first-order valence-corrected chi connectivity index (χ1v) is 15.8. The Bertz CT molecular complexity index is 1470. The zero-order chi connectivity index (χ0) is 29.2. The fourth-order valence-corrected chi connectivity index (χ4v) is 7.22. The highest BCUT2D eigenvalue weighted by atomic mass is 32.1. The second-order valence-electron chi connectivity index (χ2n) is 11.7. The Hall–Kier alpha value is -3.66. The maximum absolute atomic E-state index is 14.5. The van der Waals surface area contributed by atoms with E-state index in [9.17, 15) is 23.9 Å². The van der Waals surface area contributed by atoms with Crippen LogP contribution in [0.2, 0.25) is 0 Å². The Labute approximate surface area is 248 Å². The minimum absolute atomic E-state index is 0.0117. The first-order valence-electron chi connectivity index (χ1n) is 14.9. The number of rotatable bonds is 10. The van der Waals surface area contributed by atoms with Crippen molar-refractivity contribution < 1.29 is 23.9 Å². The molecule has 2 saturated carbocycles. The number of nitrogens with zero attached hydrogens (tertiary/aromatic N) is 4. The van der Waals surface area contributed by atoms with E-state index in [-0.39, 0.29) is 24.3 Å². The van der Waals surface area contributed by atoms with Crippen LogP contribution in [0.4, 0.5) is 15.3 Å². The van der Waals surface area contributed by atoms with Gasteiger partial charge in [0.15, 0.2) is 5.13 Å². The molecule has 1 aliphatic heterocycles. The predicted octanol–water partition coefficient (Wildman–Crippen LogP) is 6.69. The van der Waals surface area contributed by atoms with E-state index in [0.717, 1.165) is 62.5 Å². The number of pyridine rings is 1. The van der Waals surface area contributed by atoms with Gasteiger partial charge in [0, 0.05) is 47.6 Å². The zero-order valence-electron chi connectivity index (χ0n) is 23.5. The van der Waals surface area contributed by atoms with Crippen LogP contribution in [0.25, 0.3) is 22.4 Å². The molecule has 3 aromatic rings. The van der Waals surface area contributed by atoms with Gasteiger partial charge in [-0.1, -0.05) is 31.7 Å². The predicted molar refractivity (Wildman–Crippen MR) is 160 cm³/mol. The third-order valence-electron chi connectivity index (χ3n) is 8.63. The van der Waals surface area contributed by atoms with Gasteiger partial charge in [0.25, 0.3) is 0 Å². The maximum Gasteiger partial charge on any atom is 0.304 e. The molecule has 2 aromatic heterocycles. The normalized spacial score (nSPS) is 18.3. The van der Waals surface area contributed by atoms with Crippen LogP contribution in [0.1, 0.15) is 70.6 Å². The van der Waals surface area contributed by atoms with Crippen LogP contribution in [0, 0.1) is 17.7 Å². The number of hydrogen-bond acceptors (Lipinski definition) is 6. The van der Waals surface area contributed by atoms with Crippen molar-refractivity contribution >= 4 is 40.1 Å². The molecule has 0 spiro atoms. The molecule has 10 heteroatoms. The Morgan fingerprint density at radius 2 is 1.88 bits per heavy atom. The van der Waals surface area contributed by atoms with Crippen molar-refractivity contribution in [2.24, 2.45) is 11.8 Å². The molecule has 6 rings (SSSR count). The van der Waals surface area contributed by atoms with Crippen molar-refractivity contribution in [2.45, 2.75) is 76.7 Å². The first-order chi connectivity index (χ1) is 20.4. The summed E-state index contributed by atoms with van der Waals surface area (Å²) >= 11 is 1.32. The van der Waals surface area contributed by atoms with Gasteiger partial charge in [-0.25, -0.2) is 14.4 Å². The lowest BCUT2D eigenvalue weighted by molar-refractivity contribution is -0.141. The molecule has 3 heterocycles. The van der Waals surface area contributed by atoms with Gasteiger partial charge in [0.05, 0.1) is 12.1 Å². The monoisotopic (exact) mass is 590 g/mol. The standard InChI is InChI=1S/C32H35FN4O4S/c33-23-9-12-25(21-8-13-28(34-18-21)36-14-4-3-7-29(36)38)26(17-23)27-19-42-32(35-27)37(24-10-11-24)31(41)22(16-30(39)40)15-20-5-1-2-6-20/h8-9,12-13,17-20,22,24H,1-7,10-11,14-16H2,(H,39,40). The number of carbonyl (C=O) groups excluding carboxylic acids is 2. The molecule has 8 nitrogen and oxygen atoms in total. The number of carbonyl (C=O) groups is 3. The quantitative estimate of drug-likeness (QED) is 0.282. The van der Waals surface area contributed by atoms with Gasteiger partial charge >= 0.3 is 5.97 Å². The molecule has 1 aromatic carbocycles. The van der Waals surface area contributed by atoms with E-state index in [1.807, 2.05) is 17.5 Å². The van der Waals surface area contributed by atoms with Gasteiger partial charge in [0.1, 0.15) is 11.6 Å². The average molecular weight is 591 g/mol. The summed E-state index contributed by atoms with van der Waals surface area (Å²) in [4.78, 5) is 50.7. The van der Waals surface area contributed by atoms with E-state index in [2.05, 4.69) is 4.98 Å². The minimum atomic E-state index is -0.962. The van der Waals surface area contributed by atoms with E-state index in [1.54, 1.807) is 22.1 Å². The van der Waals surface area contributed by atoms with Gasteiger partial charge in [-0.15, -0.1) is 11.3 Å². The summed E-state index contributed by atoms with van der Waals surface area (Å²) in [6, 6.07) is 8.24. The molecule has 1 unspecified atom stereocenters. The van der Waals surface area contributed by atoms with Crippen LogP contribution in [0.5, 0.6) is 0 Å². The van der Waals surface area contributed by atoms with Gasteiger partial charge in [-0.05, 0) is 67.9 Å². The molecule has 42 heavy (non-hydrogen) atoms. The topological polar surface area (TPSA) is 104 Å². The summed E-state index contributed by atoms with van der Waals surface area (Å²) < 4.78 is 14.5. The first kappa shape index (κ1) is 28.5. The second kappa shape index (κ2) is 12.3. The van der Waals surface area contributed by atoms with Crippen LogP contribution in [-0.2, 0) is 14.4 Å². The third kappa shape index (κ3) is 6.23. The van der Waals surface area contributed by atoms with Crippen molar-refractivity contribution in [3.8, 4) is 22.4 Å². The number of carboxylic acid groups (broad SMARTS) is 1. The molecule has 2 amide bonds. The van der Waals surface area contributed by atoms with Gasteiger partial charge < -0.3 is 5.11 Å². The van der Waals surface area contributed by atoms with E-state index >= 15 is 0 Å². The molecule has 3 fully saturated rings. The number of thiazole rings is 1. The number of piperidine rings is 1. The molecule has 1 saturated heterocycles. The fraction of sp³-hybridized carbons (Fsp3) is 0.469.